The minimum absolute atomic E-state index is 0.0231. The molecule has 0 aliphatic carbocycles. The highest BCUT2D eigenvalue weighted by Crippen LogP contribution is 2.31. The monoisotopic (exact) mass is 301 g/mol. The molecular weight excluding hydrogens is 293 g/mol. The molecular formula is C12H9Cl2NO4. The Morgan fingerprint density at radius 3 is 2.95 bits per heavy atom. The topological polar surface area (TPSA) is 61.6 Å². The molecule has 5 nitrogen and oxygen atoms in total. The van der Waals surface area contributed by atoms with Crippen LogP contribution in [0.3, 0.4) is 0 Å². The van der Waals surface area contributed by atoms with Crippen molar-refractivity contribution in [1.82, 2.24) is 4.98 Å². The molecule has 1 aromatic heterocycles. The molecule has 2 rings (SSSR count). The summed E-state index contributed by atoms with van der Waals surface area (Å²) >= 11 is 11.7. The second-order valence-electron chi connectivity index (χ2n) is 3.40. The van der Waals surface area contributed by atoms with E-state index in [0.29, 0.717) is 10.0 Å². The van der Waals surface area contributed by atoms with Crippen molar-refractivity contribution in [3.05, 3.63) is 40.2 Å². The summed E-state index contributed by atoms with van der Waals surface area (Å²) < 4.78 is 15.1. The van der Waals surface area contributed by atoms with E-state index in [9.17, 15) is 4.79 Å². The Kier molecular flexibility index (Phi) is 4.29. The number of hydrogen-bond donors (Lipinski definition) is 0. The van der Waals surface area contributed by atoms with Crippen molar-refractivity contribution < 1.29 is 18.7 Å². The lowest BCUT2D eigenvalue weighted by Gasteiger charge is -2.03. The molecule has 0 bridgehead atoms. The van der Waals surface area contributed by atoms with Gasteiger partial charge in [-0.1, -0.05) is 23.2 Å². The smallest absolute Gasteiger partial charge is 0.399 e. The molecule has 0 spiro atoms. The van der Waals surface area contributed by atoms with Crippen LogP contribution in [-0.4, -0.2) is 17.6 Å². The number of rotatable bonds is 4. The Hall–Kier alpha value is -1.72. The van der Waals surface area contributed by atoms with Gasteiger partial charge in [0.25, 0.3) is 0 Å². The maximum absolute atomic E-state index is 11.4. The zero-order chi connectivity index (χ0) is 13.8. The highest BCUT2D eigenvalue weighted by Gasteiger charge is 2.15. The number of hydrogen-bond acceptors (Lipinski definition) is 5. The van der Waals surface area contributed by atoms with Crippen LogP contribution in [-0.2, 0) is 4.74 Å². The summed E-state index contributed by atoms with van der Waals surface area (Å²) in [4.78, 5) is 15.2. The molecule has 1 aromatic carbocycles. The van der Waals surface area contributed by atoms with Gasteiger partial charge in [0, 0.05) is 11.1 Å². The highest BCUT2D eigenvalue weighted by molar-refractivity contribution is 6.34. The molecule has 1 heterocycles. The van der Waals surface area contributed by atoms with Crippen molar-refractivity contribution in [1.29, 1.82) is 0 Å². The molecule has 0 amide bonds. The fourth-order valence-electron chi connectivity index (χ4n) is 1.25. The summed E-state index contributed by atoms with van der Waals surface area (Å²) in [5.74, 6) is -0.301. The van der Waals surface area contributed by atoms with Gasteiger partial charge in [-0.2, -0.15) is 4.98 Å². The van der Waals surface area contributed by atoms with Crippen molar-refractivity contribution in [3.63, 3.8) is 0 Å². The van der Waals surface area contributed by atoms with Crippen molar-refractivity contribution >= 4 is 29.2 Å². The first kappa shape index (κ1) is 13.7. The second-order valence-corrected chi connectivity index (χ2v) is 4.24. The largest absolute Gasteiger partial charge is 0.461 e. The predicted octanol–water partition coefficient (Wildman–Crippen LogP) is 3.95. The number of halogens is 2. The zero-order valence-electron chi connectivity index (χ0n) is 9.85. The number of carbonyl (C=O) groups is 1. The van der Waals surface area contributed by atoms with Crippen molar-refractivity contribution in [2.75, 3.05) is 6.61 Å². The lowest BCUT2D eigenvalue weighted by Crippen LogP contribution is -2.04. The number of benzene rings is 1. The van der Waals surface area contributed by atoms with Crippen molar-refractivity contribution in [3.8, 4) is 11.8 Å². The van der Waals surface area contributed by atoms with Crippen LogP contribution in [0.25, 0.3) is 0 Å². The zero-order valence-corrected chi connectivity index (χ0v) is 11.4. The molecule has 7 heteroatoms. The Balaban J connectivity index is 2.15. The maximum atomic E-state index is 11.4. The number of aromatic nitrogens is 1. The van der Waals surface area contributed by atoms with Crippen molar-refractivity contribution in [2.24, 2.45) is 0 Å². The summed E-state index contributed by atoms with van der Waals surface area (Å²) in [6.45, 7) is 1.95. The molecule has 0 atom stereocenters. The molecule has 0 unspecified atom stereocenters. The molecule has 19 heavy (non-hydrogen) atoms. The van der Waals surface area contributed by atoms with E-state index in [1.807, 2.05) is 0 Å². The predicted molar refractivity (Wildman–Crippen MR) is 69.0 cm³/mol. The summed E-state index contributed by atoms with van der Waals surface area (Å²) in [5, 5.41) is 0.803. The normalized spacial score (nSPS) is 10.3. The number of ether oxygens (including phenoxy) is 2. The Labute approximate surface area is 119 Å². The number of nitrogens with zero attached hydrogens (tertiary/aromatic N) is 1. The first-order chi connectivity index (χ1) is 9.10. The average Bonchev–Trinajstić information content (AvgIpc) is 2.83. The third kappa shape index (κ3) is 3.39. The highest BCUT2D eigenvalue weighted by atomic mass is 35.5. The van der Waals surface area contributed by atoms with Crippen LogP contribution in [0.1, 0.15) is 17.4 Å². The van der Waals surface area contributed by atoms with Gasteiger partial charge in [0.1, 0.15) is 6.26 Å². The van der Waals surface area contributed by atoms with Gasteiger partial charge in [-0.3, -0.25) is 0 Å². The van der Waals surface area contributed by atoms with E-state index < -0.39 is 5.97 Å². The van der Waals surface area contributed by atoms with Crippen LogP contribution >= 0.6 is 23.2 Å². The van der Waals surface area contributed by atoms with E-state index in [0.717, 1.165) is 6.26 Å². The SMILES string of the molecule is CCOC(=O)c1coc(Oc2cc(Cl)ccc2Cl)n1. The summed E-state index contributed by atoms with van der Waals surface area (Å²) in [5.41, 5.74) is 0.0231. The number of oxazole rings is 1. The molecule has 100 valence electrons. The number of carbonyl (C=O) groups excluding carboxylic acids is 1. The van der Waals surface area contributed by atoms with Gasteiger partial charge in [0.15, 0.2) is 11.4 Å². The Bertz CT molecular complexity index is 597. The Morgan fingerprint density at radius 2 is 2.21 bits per heavy atom. The summed E-state index contributed by atoms with van der Waals surface area (Å²) in [6.07, 6.45) is 1.03. The van der Waals surface area contributed by atoms with Crippen LogP contribution in [0.15, 0.2) is 28.9 Å². The molecule has 0 N–H and O–H groups in total. The first-order valence-corrected chi connectivity index (χ1v) is 6.11. The van der Waals surface area contributed by atoms with Crippen LogP contribution in [0, 0.1) is 0 Å². The average molecular weight is 302 g/mol. The van der Waals surface area contributed by atoms with Crippen LogP contribution < -0.4 is 4.74 Å². The van der Waals surface area contributed by atoms with E-state index in [-0.39, 0.29) is 24.1 Å². The first-order valence-electron chi connectivity index (χ1n) is 5.35. The molecule has 0 aliphatic rings. The van der Waals surface area contributed by atoms with E-state index in [4.69, 9.17) is 37.1 Å². The van der Waals surface area contributed by atoms with Crippen LogP contribution in [0.2, 0.25) is 10.0 Å². The fraction of sp³-hybridized carbons (Fsp3) is 0.167. The quantitative estimate of drug-likeness (QED) is 0.800. The molecule has 0 saturated heterocycles. The van der Waals surface area contributed by atoms with Gasteiger partial charge in [-0.15, -0.1) is 0 Å². The molecule has 0 saturated carbocycles. The third-order valence-corrected chi connectivity index (χ3v) is 2.61. The van der Waals surface area contributed by atoms with Crippen molar-refractivity contribution in [2.45, 2.75) is 6.92 Å². The van der Waals surface area contributed by atoms with Gasteiger partial charge in [-0.25, -0.2) is 4.79 Å². The van der Waals surface area contributed by atoms with Gasteiger partial charge in [0.2, 0.25) is 0 Å². The third-order valence-electron chi connectivity index (χ3n) is 2.06. The molecule has 0 radical (unpaired) electrons. The van der Waals surface area contributed by atoms with Gasteiger partial charge in [0.05, 0.1) is 11.6 Å². The van der Waals surface area contributed by atoms with E-state index in [1.165, 1.54) is 6.07 Å². The minimum atomic E-state index is -0.585. The molecule has 0 fully saturated rings. The minimum Gasteiger partial charge on any atom is -0.461 e. The lowest BCUT2D eigenvalue weighted by molar-refractivity contribution is 0.0519. The summed E-state index contributed by atoms with van der Waals surface area (Å²) in [6, 6.07) is 4.71. The van der Waals surface area contributed by atoms with Crippen LogP contribution in [0.4, 0.5) is 0 Å². The van der Waals surface area contributed by atoms with E-state index in [1.54, 1.807) is 19.1 Å². The maximum Gasteiger partial charge on any atom is 0.399 e. The van der Waals surface area contributed by atoms with Gasteiger partial charge < -0.3 is 13.9 Å². The lowest BCUT2D eigenvalue weighted by atomic mass is 10.3. The second kappa shape index (κ2) is 5.95. The van der Waals surface area contributed by atoms with Gasteiger partial charge in [-0.05, 0) is 19.1 Å². The summed E-state index contributed by atoms with van der Waals surface area (Å²) in [7, 11) is 0. The fourth-order valence-corrected chi connectivity index (χ4v) is 1.57. The number of esters is 1. The van der Waals surface area contributed by atoms with Crippen LogP contribution in [0.5, 0.6) is 11.8 Å². The van der Waals surface area contributed by atoms with Gasteiger partial charge >= 0.3 is 12.0 Å². The molecule has 2 aromatic rings. The Morgan fingerprint density at radius 1 is 1.42 bits per heavy atom. The van der Waals surface area contributed by atoms with E-state index >= 15 is 0 Å². The molecule has 0 aliphatic heterocycles. The standard InChI is InChI=1S/C12H9Cl2NO4/c1-2-17-11(16)9-6-18-12(15-9)19-10-5-7(13)3-4-8(10)14/h3-6H,2H2,1H3. The van der Waals surface area contributed by atoms with E-state index in [2.05, 4.69) is 4.98 Å².